The van der Waals surface area contributed by atoms with Crippen molar-refractivity contribution >= 4 is 11.3 Å². The molecule has 1 aromatic heterocycles. The lowest BCUT2D eigenvalue weighted by Crippen LogP contribution is -2.30. The summed E-state index contributed by atoms with van der Waals surface area (Å²) in [6.45, 7) is 10.6. The van der Waals surface area contributed by atoms with E-state index in [0.29, 0.717) is 0 Å². The van der Waals surface area contributed by atoms with Crippen LogP contribution in [0.1, 0.15) is 42.7 Å². The van der Waals surface area contributed by atoms with Gasteiger partial charge in [-0.2, -0.15) is 0 Å². The highest BCUT2D eigenvalue weighted by molar-refractivity contribution is 7.09. The summed E-state index contributed by atoms with van der Waals surface area (Å²) in [5, 5.41) is 12.0. The molecule has 1 aliphatic rings. The molecular weight excluding hydrogens is 340 g/mol. The predicted molar refractivity (Wildman–Crippen MR) is 111 cm³/mol. The van der Waals surface area contributed by atoms with Gasteiger partial charge in [-0.05, 0) is 68.8 Å². The highest BCUT2D eigenvalue weighted by Gasteiger charge is 2.16. The molecule has 2 heterocycles. The van der Waals surface area contributed by atoms with Gasteiger partial charge in [0.05, 0.1) is 5.60 Å². The third-order valence-corrected chi connectivity index (χ3v) is 5.96. The zero-order valence-electron chi connectivity index (χ0n) is 16.2. The Morgan fingerprint density at radius 1 is 0.923 bits per heavy atom. The second-order valence-corrected chi connectivity index (χ2v) is 9.15. The summed E-state index contributed by atoms with van der Waals surface area (Å²) >= 11 is 1.86. The van der Waals surface area contributed by atoms with Crippen molar-refractivity contribution in [3.63, 3.8) is 0 Å². The Hall–Kier alpha value is -1.20. The van der Waals surface area contributed by atoms with Gasteiger partial charge in [0.25, 0.3) is 0 Å². The molecule has 3 nitrogen and oxygen atoms in total. The monoisotopic (exact) mass is 372 g/mol. The van der Waals surface area contributed by atoms with Gasteiger partial charge in [0.2, 0.25) is 0 Å². The van der Waals surface area contributed by atoms with Gasteiger partial charge < -0.3 is 5.11 Å². The first-order valence-corrected chi connectivity index (χ1v) is 10.6. The summed E-state index contributed by atoms with van der Waals surface area (Å²) in [7, 11) is 0. The molecule has 1 aromatic carbocycles. The van der Waals surface area contributed by atoms with Crippen molar-refractivity contribution in [3.05, 3.63) is 57.8 Å². The van der Waals surface area contributed by atoms with E-state index in [1.165, 1.54) is 35.5 Å². The molecule has 142 valence electrons. The van der Waals surface area contributed by atoms with E-state index in [9.17, 15) is 5.11 Å². The van der Waals surface area contributed by atoms with E-state index in [-0.39, 0.29) is 0 Å². The number of nitrogens with zero attached hydrogens (tertiary/aromatic N) is 2. The van der Waals surface area contributed by atoms with Crippen molar-refractivity contribution in [1.82, 2.24) is 9.80 Å². The van der Waals surface area contributed by atoms with Crippen LogP contribution in [0.2, 0.25) is 0 Å². The van der Waals surface area contributed by atoms with E-state index in [1.807, 2.05) is 25.2 Å². The Bertz CT molecular complexity index is 646. The number of hydrogen-bond donors (Lipinski definition) is 1. The van der Waals surface area contributed by atoms with Crippen molar-refractivity contribution in [2.75, 3.05) is 26.2 Å². The number of hydrogen-bond acceptors (Lipinski definition) is 4. The molecule has 0 radical (unpaired) electrons. The minimum Gasteiger partial charge on any atom is -0.390 e. The zero-order chi connectivity index (χ0) is 18.4. The summed E-state index contributed by atoms with van der Waals surface area (Å²) < 4.78 is 0. The van der Waals surface area contributed by atoms with Crippen molar-refractivity contribution < 1.29 is 5.11 Å². The van der Waals surface area contributed by atoms with E-state index in [0.717, 1.165) is 39.0 Å². The van der Waals surface area contributed by atoms with Gasteiger partial charge in [-0.15, -0.1) is 11.3 Å². The van der Waals surface area contributed by atoms with Gasteiger partial charge in [-0.25, -0.2) is 0 Å². The molecule has 1 fully saturated rings. The molecule has 2 aromatic rings. The Morgan fingerprint density at radius 2 is 1.58 bits per heavy atom. The molecule has 1 aliphatic heterocycles. The van der Waals surface area contributed by atoms with E-state index in [1.54, 1.807) is 0 Å². The first-order valence-electron chi connectivity index (χ1n) is 9.75. The summed E-state index contributed by atoms with van der Waals surface area (Å²) in [5.74, 6) is 0. The van der Waals surface area contributed by atoms with Crippen molar-refractivity contribution in [2.45, 2.75) is 51.8 Å². The van der Waals surface area contributed by atoms with E-state index in [4.69, 9.17) is 0 Å². The second kappa shape index (κ2) is 9.14. The van der Waals surface area contributed by atoms with Crippen LogP contribution in [0.15, 0.2) is 41.8 Å². The average molecular weight is 373 g/mol. The van der Waals surface area contributed by atoms with Crippen LogP contribution < -0.4 is 0 Å². The van der Waals surface area contributed by atoms with Crippen molar-refractivity contribution in [1.29, 1.82) is 0 Å². The largest absolute Gasteiger partial charge is 0.390 e. The van der Waals surface area contributed by atoms with Crippen LogP contribution in [0, 0.1) is 0 Å². The van der Waals surface area contributed by atoms with Crippen molar-refractivity contribution in [2.24, 2.45) is 0 Å². The molecule has 0 unspecified atom stereocenters. The summed E-state index contributed by atoms with van der Waals surface area (Å²) in [6.07, 6.45) is 2.98. The summed E-state index contributed by atoms with van der Waals surface area (Å²) in [4.78, 5) is 6.64. The van der Waals surface area contributed by atoms with E-state index >= 15 is 0 Å². The smallest absolute Gasteiger partial charge is 0.0594 e. The molecule has 0 aliphatic carbocycles. The lowest BCUT2D eigenvalue weighted by atomic mass is 9.98. The van der Waals surface area contributed by atoms with Gasteiger partial charge in [0, 0.05) is 31.1 Å². The Balaban J connectivity index is 1.46. The molecule has 1 saturated heterocycles. The maximum atomic E-state index is 9.87. The van der Waals surface area contributed by atoms with Crippen LogP contribution >= 0.6 is 11.3 Å². The van der Waals surface area contributed by atoms with Gasteiger partial charge in [-0.1, -0.05) is 30.3 Å². The van der Waals surface area contributed by atoms with Crippen molar-refractivity contribution in [3.8, 4) is 0 Å². The van der Waals surface area contributed by atoms with Crippen LogP contribution in [-0.4, -0.2) is 46.7 Å². The molecule has 0 atom stereocenters. The lowest BCUT2D eigenvalue weighted by molar-refractivity contribution is 0.0714. The number of rotatable bonds is 7. The second-order valence-electron chi connectivity index (χ2n) is 8.11. The molecule has 1 N–H and O–H groups in total. The normalized spacial score (nSPS) is 17.3. The Kier molecular flexibility index (Phi) is 6.87. The highest BCUT2D eigenvalue weighted by atomic mass is 32.1. The SMILES string of the molecule is CC(C)(O)CCc1ccc(CN2CCCN(Cc3cccs3)CC2)cc1. The Labute approximate surface area is 162 Å². The number of aliphatic hydroxyl groups is 1. The topological polar surface area (TPSA) is 26.7 Å². The van der Waals surface area contributed by atoms with E-state index in [2.05, 4.69) is 51.6 Å². The molecule has 0 spiro atoms. The fraction of sp³-hybridized carbons (Fsp3) is 0.545. The van der Waals surface area contributed by atoms with Crippen LogP contribution in [0.25, 0.3) is 0 Å². The molecular formula is C22H32N2OS. The molecule has 4 heteroatoms. The fourth-order valence-electron chi connectivity index (χ4n) is 3.48. The molecule has 0 saturated carbocycles. The lowest BCUT2D eigenvalue weighted by Gasteiger charge is -2.21. The first-order chi connectivity index (χ1) is 12.5. The minimum absolute atomic E-state index is 0.584. The van der Waals surface area contributed by atoms with Gasteiger partial charge in [0.15, 0.2) is 0 Å². The summed E-state index contributed by atoms with van der Waals surface area (Å²) in [6, 6.07) is 13.4. The number of thiophene rings is 1. The number of aryl methyl sites for hydroxylation is 1. The van der Waals surface area contributed by atoms with Crippen LogP contribution in [0.3, 0.4) is 0 Å². The predicted octanol–water partition coefficient (Wildman–Crippen LogP) is 4.16. The third kappa shape index (κ3) is 6.51. The third-order valence-electron chi connectivity index (χ3n) is 5.10. The maximum absolute atomic E-state index is 9.87. The van der Waals surface area contributed by atoms with Crippen LogP contribution in [0.5, 0.6) is 0 Å². The van der Waals surface area contributed by atoms with Crippen LogP contribution in [-0.2, 0) is 19.5 Å². The van der Waals surface area contributed by atoms with Gasteiger partial charge in [-0.3, -0.25) is 9.80 Å². The van der Waals surface area contributed by atoms with Crippen LogP contribution in [0.4, 0.5) is 0 Å². The minimum atomic E-state index is -0.584. The highest BCUT2D eigenvalue weighted by Crippen LogP contribution is 2.17. The maximum Gasteiger partial charge on any atom is 0.0594 e. The molecule has 0 bridgehead atoms. The molecule has 26 heavy (non-hydrogen) atoms. The average Bonchev–Trinajstić information content (AvgIpc) is 3.01. The first kappa shape index (κ1) is 19.6. The standard InChI is InChI=1S/C22H32N2OS/c1-22(2,25)11-10-19-6-8-20(9-7-19)17-23-12-4-13-24(15-14-23)18-21-5-3-16-26-21/h3,5-9,16,25H,4,10-15,17-18H2,1-2H3. The molecule has 3 rings (SSSR count). The fourth-order valence-corrected chi connectivity index (χ4v) is 4.23. The molecule has 0 amide bonds. The quantitative estimate of drug-likeness (QED) is 0.790. The van der Waals surface area contributed by atoms with E-state index < -0.39 is 5.60 Å². The zero-order valence-corrected chi connectivity index (χ0v) is 17.0. The number of benzene rings is 1. The van der Waals surface area contributed by atoms with Gasteiger partial charge >= 0.3 is 0 Å². The van der Waals surface area contributed by atoms with Gasteiger partial charge in [0.1, 0.15) is 0 Å². The summed E-state index contributed by atoms with van der Waals surface area (Å²) in [5.41, 5.74) is 2.12. The Morgan fingerprint density at radius 3 is 2.19 bits per heavy atom.